The van der Waals surface area contributed by atoms with Crippen molar-refractivity contribution >= 4 is 16.5 Å². The summed E-state index contributed by atoms with van der Waals surface area (Å²) in [6, 6.07) is 0. The van der Waals surface area contributed by atoms with Crippen LogP contribution in [0.1, 0.15) is 4.88 Å². The maximum absolute atomic E-state index is 5.63. The first-order chi connectivity index (χ1) is 8.28. The van der Waals surface area contributed by atoms with E-state index in [1.807, 2.05) is 6.20 Å². The van der Waals surface area contributed by atoms with Gasteiger partial charge in [-0.15, -0.1) is 11.3 Å². The van der Waals surface area contributed by atoms with E-state index >= 15 is 0 Å². The van der Waals surface area contributed by atoms with Gasteiger partial charge < -0.3 is 10.5 Å². The van der Waals surface area contributed by atoms with Crippen molar-refractivity contribution < 1.29 is 4.74 Å². The Hall–Kier alpha value is -0.690. The molecule has 1 aliphatic rings. The molecule has 0 aromatic carbocycles. The van der Waals surface area contributed by atoms with Gasteiger partial charge in [0.15, 0.2) is 5.13 Å². The Bertz CT molecular complexity index is 336. The van der Waals surface area contributed by atoms with Gasteiger partial charge in [-0.05, 0) is 0 Å². The molecule has 1 aromatic rings. The summed E-state index contributed by atoms with van der Waals surface area (Å²) in [6.07, 6.45) is 1.89. The minimum Gasteiger partial charge on any atom is -0.383 e. The number of methoxy groups -OCH3 is 1. The van der Waals surface area contributed by atoms with E-state index in [4.69, 9.17) is 10.5 Å². The molecule has 0 aliphatic carbocycles. The van der Waals surface area contributed by atoms with Gasteiger partial charge in [-0.2, -0.15) is 0 Å². The van der Waals surface area contributed by atoms with Crippen molar-refractivity contribution in [3.63, 3.8) is 0 Å². The Labute approximate surface area is 106 Å². The molecule has 2 N–H and O–H groups in total. The van der Waals surface area contributed by atoms with Crippen LogP contribution in [0.2, 0.25) is 0 Å². The number of thiazole rings is 1. The number of ether oxygens (including phenoxy) is 1. The fraction of sp³-hybridized carbons (Fsp3) is 0.727. The molecule has 2 rings (SSSR count). The molecule has 6 heteroatoms. The SMILES string of the molecule is COCCN1CCN(Cc2cnc(N)s2)CC1. The van der Waals surface area contributed by atoms with Crippen LogP contribution in [-0.2, 0) is 11.3 Å². The first-order valence-electron chi connectivity index (χ1n) is 5.92. The first kappa shape index (κ1) is 12.8. The van der Waals surface area contributed by atoms with Crippen LogP contribution in [0.5, 0.6) is 0 Å². The molecule has 17 heavy (non-hydrogen) atoms. The molecule has 0 amide bonds. The molecule has 1 fully saturated rings. The summed E-state index contributed by atoms with van der Waals surface area (Å²) in [5.41, 5.74) is 5.63. The molecular weight excluding hydrogens is 236 g/mol. The van der Waals surface area contributed by atoms with Crippen molar-refractivity contribution in [3.8, 4) is 0 Å². The number of aromatic nitrogens is 1. The van der Waals surface area contributed by atoms with Crippen molar-refractivity contribution in [1.82, 2.24) is 14.8 Å². The average Bonchev–Trinajstić information content (AvgIpc) is 2.74. The molecule has 2 heterocycles. The van der Waals surface area contributed by atoms with Crippen molar-refractivity contribution in [2.75, 3.05) is 52.2 Å². The highest BCUT2D eigenvalue weighted by molar-refractivity contribution is 7.15. The van der Waals surface area contributed by atoms with Crippen LogP contribution < -0.4 is 5.73 Å². The summed E-state index contributed by atoms with van der Waals surface area (Å²) in [7, 11) is 1.75. The molecular formula is C11H20N4OS. The number of rotatable bonds is 5. The number of nitrogens with two attached hydrogens (primary N) is 1. The molecule has 1 aliphatic heterocycles. The third-order valence-electron chi connectivity index (χ3n) is 3.03. The van der Waals surface area contributed by atoms with Crippen molar-refractivity contribution in [1.29, 1.82) is 0 Å². The summed E-state index contributed by atoms with van der Waals surface area (Å²) in [5.74, 6) is 0. The number of anilines is 1. The van der Waals surface area contributed by atoms with Crippen LogP contribution in [-0.4, -0.2) is 61.2 Å². The highest BCUT2D eigenvalue weighted by Gasteiger charge is 2.17. The highest BCUT2D eigenvalue weighted by atomic mass is 32.1. The zero-order chi connectivity index (χ0) is 12.1. The third kappa shape index (κ3) is 3.92. The topological polar surface area (TPSA) is 54.6 Å². The Morgan fingerprint density at radius 3 is 2.65 bits per heavy atom. The maximum atomic E-state index is 5.63. The summed E-state index contributed by atoms with van der Waals surface area (Å²) < 4.78 is 5.09. The van der Waals surface area contributed by atoms with E-state index in [-0.39, 0.29) is 0 Å². The number of nitrogens with zero attached hydrogens (tertiary/aromatic N) is 3. The maximum Gasteiger partial charge on any atom is 0.180 e. The summed E-state index contributed by atoms with van der Waals surface area (Å²) in [4.78, 5) is 10.2. The second kappa shape index (κ2) is 6.30. The van der Waals surface area contributed by atoms with Gasteiger partial charge in [0.1, 0.15) is 0 Å². The molecule has 0 spiro atoms. The van der Waals surface area contributed by atoms with Crippen molar-refractivity contribution in [3.05, 3.63) is 11.1 Å². The predicted molar refractivity (Wildman–Crippen MR) is 70.1 cm³/mol. The van der Waals surface area contributed by atoms with Crippen LogP contribution in [0, 0.1) is 0 Å². The van der Waals surface area contributed by atoms with Gasteiger partial charge in [0.25, 0.3) is 0 Å². The fourth-order valence-corrected chi connectivity index (χ4v) is 2.73. The molecule has 0 unspecified atom stereocenters. The van der Waals surface area contributed by atoms with Crippen molar-refractivity contribution in [2.24, 2.45) is 0 Å². The lowest BCUT2D eigenvalue weighted by Gasteiger charge is -2.34. The van der Waals surface area contributed by atoms with Gasteiger partial charge >= 0.3 is 0 Å². The third-order valence-corrected chi connectivity index (χ3v) is 3.84. The number of hydrogen-bond acceptors (Lipinski definition) is 6. The van der Waals surface area contributed by atoms with Crippen LogP contribution in [0.15, 0.2) is 6.20 Å². The van der Waals surface area contributed by atoms with Gasteiger partial charge in [0, 0.05) is 57.5 Å². The fourth-order valence-electron chi connectivity index (χ4n) is 2.01. The smallest absolute Gasteiger partial charge is 0.180 e. The summed E-state index contributed by atoms with van der Waals surface area (Å²) in [6.45, 7) is 7.31. The van der Waals surface area contributed by atoms with E-state index in [1.165, 1.54) is 4.88 Å². The quantitative estimate of drug-likeness (QED) is 0.831. The van der Waals surface area contributed by atoms with E-state index in [1.54, 1.807) is 18.4 Å². The molecule has 0 bridgehead atoms. The Morgan fingerprint density at radius 1 is 1.35 bits per heavy atom. The number of hydrogen-bond donors (Lipinski definition) is 1. The molecule has 0 radical (unpaired) electrons. The second-order valence-electron chi connectivity index (χ2n) is 4.28. The lowest BCUT2D eigenvalue weighted by atomic mass is 10.3. The van der Waals surface area contributed by atoms with E-state index < -0.39 is 0 Å². The average molecular weight is 256 g/mol. The van der Waals surface area contributed by atoms with E-state index in [0.29, 0.717) is 5.13 Å². The van der Waals surface area contributed by atoms with E-state index in [9.17, 15) is 0 Å². The van der Waals surface area contributed by atoms with Gasteiger partial charge in [0.05, 0.1) is 6.61 Å². The van der Waals surface area contributed by atoms with Gasteiger partial charge in [0.2, 0.25) is 0 Å². The molecule has 0 saturated carbocycles. The Morgan fingerprint density at radius 2 is 2.06 bits per heavy atom. The van der Waals surface area contributed by atoms with Gasteiger partial charge in [-0.25, -0.2) is 4.98 Å². The first-order valence-corrected chi connectivity index (χ1v) is 6.73. The molecule has 0 atom stereocenters. The van der Waals surface area contributed by atoms with Gasteiger partial charge in [-0.3, -0.25) is 9.80 Å². The Kier molecular flexibility index (Phi) is 4.73. The van der Waals surface area contributed by atoms with Crippen LogP contribution >= 0.6 is 11.3 Å². The van der Waals surface area contributed by atoms with Crippen LogP contribution in [0.3, 0.4) is 0 Å². The van der Waals surface area contributed by atoms with E-state index in [2.05, 4.69) is 14.8 Å². The highest BCUT2D eigenvalue weighted by Crippen LogP contribution is 2.17. The number of nitrogen functional groups attached to an aromatic ring is 1. The number of piperazine rings is 1. The minimum absolute atomic E-state index is 0.665. The second-order valence-corrected chi connectivity index (χ2v) is 5.42. The van der Waals surface area contributed by atoms with Crippen LogP contribution in [0.4, 0.5) is 5.13 Å². The normalized spacial score (nSPS) is 18.6. The summed E-state index contributed by atoms with van der Waals surface area (Å²) >= 11 is 1.59. The lowest BCUT2D eigenvalue weighted by molar-refractivity contribution is 0.0942. The largest absolute Gasteiger partial charge is 0.383 e. The molecule has 1 saturated heterocycles. The zero-order valence-corrected chi connectivity index (χ0v) is 11.1. The molecule has 96 valence electrons. The standard InChI is InChI=1S/C11H20N4OS/c1-16-7-6-14-2-4-15(5-3-14)9-10-8-13-11(12)17-10/h8H,2-7,9H2,1H3,(H2,12,13). The Balaban J connectivity index is 1.72. The lowest BCUT2D eigenvalue weighted by Crippen LogP contribution is -2.46. The van der Waals surface area contributed by atoms with Gasteiger partial charge in [-0.1, -0.05) is 0 Å². The zero-order valence-electron chi connectivity index (χ0n) is 10.3. The van der Waals surface area contributed by atoms with Crippen LogP contribution in [0.25, 0.3) is 0 Å². The van der Waals surface area contributed by atoms with E-state index in [0.717, 1.165) is 45.9 Å². The van der Waals surface area contributed by atoms with Crippen molar-refractivity contribution in [2.45, 2.75) is 6.54 Å². The predicted octanol–water partition coefficient (Wildman–Crippen LogP) is 0.489. The molecule has 5 nitrogen and oxygen atoms in total. The summed E-state index contributed by atoms with van der Waals surface area (Å²) in [5, 5.41) is 0.665. The molecule has 1 aromatic heterocycles. The minimum atomic E-state index is 0.665. The monoisotopic (exact) mass is 256 g/mol.